The molecule has 0 saturated heterocycles. The Morgan fingerprint density at radius 2 is 1.42 bits per heavy atom. The summed E-state index contributed by atoms with van der Waals surface area (Å²) in [5, 5.41) is 32.8. The molecule has 8 N–H and O–H groups in total. The average Bonchev–Trinajstić information content (AvgIpc) is 2.33. The van der Waals surface area contributed by atoms with Crippen molar-refractivity contribution in [3.05, 3.63) is 29.3 Å². The Hall–Kier alpha value is -1.16. The molecule has 0 unspecified atom stereocenters. The fourth-order valence-electron chi connectivity index (χ4n) is 1.43. The standard InChI is InChI=1S/C10H15BN4O2S2/c12-9(13)18-4-6-1-7(5-19-10(14)15)3-8(2-6)11(16)17/h1-3,16-17H,4-5H2,(H3,12,13)(H3,14,15). The Balaban J connectivity index is 2.89. The molecule has 0 aliphatic heterocycles. The van der Waals surface area contributed by atoms with Crippen LogP contribution in [0.4, 0.5) is 0 Å². The van der Waals surface area contributed by atoms with Crippen LogP contribution in [0.1, 0.15) is 11.1 Å². The first-order valence-electron chi connectivity index (χ1n) is 5.31. The molecule has 0 heterocycles. The Labute approximate surface area is 120 Å². The molecular formula is C10H15BN4O2S2. The predicted molar refractivity (Wildman–Crippen MR) is 82.7 cm³/mol. The van der Waals surface area contributed by atoms with E-state index in [0.29, 0.717) is 17.0 Å². The maximum atomic E-state index is 9.24. The first-order chi connectivity index (χ1) is 8.88. The molecule has 0 aliphatic rings. The van der Waals surface area contributed by atoms with E-state index in [9.17, 15) is 10.0 Å². The van der Waals surface area contributed by atoms with E-state index in [-0.39, 0.29) is 10.3 Å². The largest absolute Gasteiger partial charge is 0.488 e. The summed E-state index contributed by atoms with van der Waals surface area (Å²) in [7, 11) is -1.55. The van der Waals surface area contributed by atoms with Gasteiger partial charge in [-0.2, -0.15) is 0 Å². The van der Waals surface area contributed by atoms with E-state index in [1.165, 1.54) is 0 Å². The van der Waals surface area contributed by atoms with Gasteiger partial charge in [-0.25, -0.2) is 0 Å². The molecule has 6 nitrogen and oxygen atoms in total. The number of thioether (sulfide) groups is 2. The third-order valence-electron chi connectivity index (χ3n) is 2.16. The van der Waals surface area contributed by atoms with E-state index in [1.54, 1.807) is 12.1 Å². The minimum absolute atomic E-state index is 0.00890. The summed E-state index contributed by atoms with van der Waals surface area (Å²) < 4.78 is 0. The molecule has 1 aromatic rings. The molecule has 0 saturated carbocycles. The van der Waals surface area contributed by atoms with E-state index in [0.717, 1.165) is 34.7 Å². The maximum absolute atomic E-state index is 9.24. The smallest absolute Gasteiger partial charge is 0.423 e. The zero-order valence-corrected chi connectivity index (χ0v) is 11.7. The zero-order valence-electron chi connectivity index (χ0n) is 10.1. The normalized spacial score (nSPS) is 10.2. The van der Waals surface area contributed by atoms with Gasteiger partial charge in [0.25, 0.3) is 0 Å². The molecule has 1 aromatic carbocycles. The lowest BCUT2D eigenvalue weighted by Gasteiger charge is -2.09. The number of nitrogens with one attached hydrogen (secondary N) is 2. The molecule has 0 aliphatic carbocycles. The fraction of sp³-hybridized carbons (Fsp3) is 0.200. The van der Waals surface area contributed by atoms with E-state index < -0.39 is 7.12 Å². The number of nitrogens with two attached hydrogens (primary N) is 2. The van der Waals surface area contributed by atoms with Crippen molar-refractivity contribution in [3.8, 4) is 0 Å². The second kappa shape index (κ2) is 7.44. The van der Waals surface area contributed by atoms with Crippen LogP contribution in [0.3, 0.4) is 0 Å². The Morgan fingerprint density at radius 3 is 1.74 bits per heavy atom. The topological polar surface area (TPSA) is 140 Å². The van der Waals surface area contributed by atoms with Crippen LogP contribution < -0.4 is 16.9 Å². The lowest BCUT2D eigenvalue weighted by molar-refractivity contribution is 0.425. The minimum Gasteiger partial charge on any atom is -0.423 e. The molecular weight excluding hydrogens is 283 g/mol. The third-order valence-corrected chi connectivity index (χ3v) is 3.74. The highest BCUT2D eigenvalue weighted by Gasteiger charge is 2.13. The van der Waals surface area contributed by atoms with Crippen LogP contribution in [0.25, 0.3) is 0 Å². The van der Waals surface area contributed by atoms with E-state index in [2.05, 4.69) is 0 Å². The van der Waals surface area contributed by atoms with Gasteiger partial charge in [0.1, 0.15) is 0 Å². The van der Waals surface area contributed by atoms with Gasteiger partial charge >= 0.3 is 7.12 Å². The Kier molecular flexibility index (Phi) is 6.22. The molecule has 0 radical (unpaired) electrons. The van der Waals surface area contributed by atoms with Crippen LogP contribution in [-0.4, -0.2) is 27.5 Å². The van der Waals surface area contributed by atoms with Gasteiger partial charge < -0.3 is 21.5 Å². The van der Waals surface area contributed by atoms with Gasteiger partial charge in [-0.05, 0) is 16.6 Å². The molecule has 9 heteroatoms. The maximum Gasteiger partial charge on any atom is 0.488 e. The molecule has 0 aromatic heterocycles. The number of rotatable bonds is 5. The summed E-state index contributed by atoms with van der Waals surface area (Å²) in [6, 6.07) is 5.18. The third kappa shape index (κ3) is 6.01. The molecule has 0 amide bonds. The van der Waals surface area contributed by atoms with Crippen LogP contribution >= 0.6 is 23.5 Å². The van der Waals surface area contributed by atoms with Gasteiger partial charge in [0, 0.05) is 11.5 Å². The molecule has 0 spiro atoms. The van der Waals surface area contributed by atoms with Crippen molar-refractivity contribution in [2.45, 2.75) is 11.5 Å². The lowest BCUT2D eigenvalue weighted by Crippen LogP contribution is -2.30. The number of amidine groups is 2. The summed E-state index contributed by atoms with van der Waals surface area (Å²) in [4.78, 5) is 0. The summed E-state index contributed by atoms with van der Waals surface area (Å²) in [5.74, 6) is 0.960. The van der Waals surface area contributed by atoms with Crippen molar-refractivity contribution in [1.82, 2.24) is 0 Å². The zero-order chi connectivity index (χ0) is 14.4. The van der Waals surface area contributed by atoms with Gasteiger partial charge in [-0.15, -0.1) is 0 Å². The lowest BCUT2D eigenvalue weighted by atomic mass is 9.79. The highest BCUT2D eigenvalue weighted by molar-refractivity contribution is 8.13. The summed E-state index contributed by atoms with van der Waals surface area (Å²) >= 11 is 2.32. The first-order valence-corrected chi connectivity index (χ1v) is 7.28. The van der Waals surface area contributed by atoms with Crippen LogP contribution in [0.15, 0.2) is 18.2 Å². The fourth-order valence-corrected chi connectivity index (χ4v) is 2.41. The molecule has 0 atom stereocenters. The molecule has 19 heavy (non-hydrogen) atoms. The first kappa shape index (κ1) is 15.9. The van der Waals surface area contributed by atoms with Crippen molar-refractivity contribution in [3.63, 3.8) is 0 Å². The molecule has 0 fully saturated rings. The van der Waals surface area contributed by atoms with Crippen LogP contribution in [-0.2, 0) is 11.5 Å². The number of hydrogen-bond acceptors (Lipinski definition) is 6. The minimum atomic E-state index is -1.55. The van der Waals surface area contributed by atoms with Gasteiger partial charge in [0.2, 0.25) is 0 Å². The average molecular weight is 298 g/mol. The van der Waals surface area contributed by atoms with Crippen molar-refractivity contribution in [1.29, 1.82) is 10.8 Å². The highest BCUT2D eigenvalue weighted by atomic mass is 32.2. The summed E-state index contributed by atoms with van der Waals surface area (Å²) in [5.41, 5.74) is 12.6. The Bertz CT molecular complexity index is 448. The monoisotopic (exact) mass is 298 g/mol. The quantitative estimate of drug-likeness (QED) is 0.249. The second-order valence-corrected chi connectivity index (χ2v) is 5.80. The van der Waals surface area contributed by atoms with Gasteiger partial charge in [-0.1, -0.05) is 41.7 Å². The summed E-state index contributed by atoms with van der Waals surface area (Å²) in [6.07, 6.45) is 0. The summed E-state index contributed by atoms with van der Waals surface area (Å²) in [6.45, 7) is 0. The predicted octanol–water partition coefficient (Wildman–Crippen LogP) is -0.380. The van der Waals surface area contributed by atoms with E-state index >= 15 is 0 Å². The Morgan fingerprint density at radius 1 is 1.00 bits per heavy atom. The molecule has 1 rings (SSSR count). The van der Waals surface area contributed by atoms with Gasteiger partial charge in [-0.3, -0.25) is 10.8 Å². The van der Waals surface area contributed by atoms with Crippen molar-refractivity contribution in [2.24, 2.45) is 11.5 Å². The van der Waals surface area contributed by atoms with Crippen LogP contribution in [0, 0.1) is 10.8 Å². The van der Waals surface area contributed by atoms with Gasteiger partial charge in [0.15, 0.2) is 10.3 Å². The van der Waals surface area contributed by atoms with E-state index in [4.69, 9.17) is 22.3 Å². The van der Waals surface area contributed by atoms with Crippen LogP contribution in [0.2, 0.25) is 0 Å². The number of benzene rings is 1. The number of hydrogen-bond donors (Lipinski definition) is 6. The SMILES string of the molecule is N=C(N)SCc1cc(CSC(=N)N)cc(B(O)O)c1. The van der Waals surface area contributed by atoms with Crippen molar-refractivity contribution < 1.29 is 10.0 Å². The van der Waals surface area contributed by atoms with Crippen molar-refractivity contribution in [2.75, 3.05) is 0 Å². The van der Waals surface area contributed by atoms with Gasteiger partial charge in [0.05, 0.1) is 0 Å². The molecule has 102 valence electrons. The van der Waals surface area contributed by atoms with Crippen LogP contribution in [0.5, 0.6) is 0 Å². The highest BCUT2D eigenvalue weighted by Crippen LogP contribution is 2.16. The van der Waals surface area contributed by atoms with Crippen molar-refractivity contribution >= 4 is 46.4 Å². The van der Waals surface area contributed by atoms with E-state index in [1.807, 2.05) is 6.07 Å². The second-order valence-electron chi connectivity index (χ2n) is 3.76. The molecule has 0 bridgehead atoms.